The van der Waals surface area contributed by atoms with Crippen LogP contribution in [0, 0.1) is 12.7 Å². The van der Waals surface area contributed by atoms with Crippen molar-refractivity contribution in [1.82, 2.24) is 20.1 Å². The van der Waals surface area contributed by atoms with E-state index in [0.29, 0.717) is 40.2 Å². The SMILES string of the molecule is Cc1nc2cc(-c3cc(F)c(NC(=O)N4C(C)Cc5cc(=O)[nH]nc5C4C)cc3Cl)ccc2o1. The number of nitrogens with zero attached hydrogens (tertiary/aromatic N) is 3. The number of carbonyl (C=O) groups excluding carboxylic acids is 1. The lowest BCUT2D eigenvalue weighted by atomic mass is 9.94. The Kier molecular flexibility index (Phi) is 5.36. The summed E-state index contributed by atoms with van der Waals surface area (Å²) >= 11 is 6.48. The Morgan fingerprint density at radius 2 is 2.06 bits per heavy atom. The van der Waals surface area contributed by atoms with Crippen molar-refractivity contribution in [3.05, 3.63) is 74.7 Å². The first kappa shape index (κ1) is 22.1. The number of amides is 2. The molecule has 3 heterocycles. The van der Waals surface area contributed by atoms with Crippen LogP contribution in [0.3, 0.4) is 0 Å². The fraction of sp³-hybridized carbons (Fsp3) is 0.250. The summed E-state index contributed by atoms with van der Waals surface area (Å²) in [6, 6.07) is 8.37. The minimum atomic E-state index is -0.621. The van der Waals surface area contributed by atoms with Gasteiger partial charge in [-0.25, -0.2) is 19.3 Å². The Morgan fingerprint density at radius 3 is 2.85 bits per heavy atom. The molecule has 2 aromatic carbocycles. The van der Waals surface area contributed by atoms with Crippen molar-refractivity contribution in [2.45, 2.75) is 39.3 Å². The zero-order valence-electron chi connectivity index (χ0n) is 18.6. The van der Waals surface area contributed by atoms with E-state index in [1.807, 2.05) is 13.8 Å². The van der Waals surface area contributed by atoms with Crippen LogP contribution >= 0.6 is 11.6 Å². The molecule has 0 saturated carbocycles. The van der Waals surface area contributed by atoms with E-state index >= 15 is 4.39 Å². The van der Waals surface area contributed by atoms with Crippen LogP contribution in [0.15, 0.2) is 45.6 Å². The van der Waals surface area contributed by atoms with Crippen molar-refractivity contribution in [2.24, 2.45) is 0 Å². The van der Waals surface area contributed by atoms with Crippen molar-refractivity contribution in [1.29, 1.82) is 0 Å². The molecular weight excluding hydrogens is 461 g/mol. The van der Waals surface area contributed by atoms with E-state index in [4.69, 9.17) is 16.0 Å². The second kappa shape index (κ2) is 8.25. The summed E-state index contributed by atoms with van der Waals surface area (Å²) in [7, 11) is 0. The van der Waals surface area contributed by atoms with Gasteiger partial charge in [0, 0.05) is 24.6 Å². The Hall–Kier alpha value is -3.72. The molecule has 2 N–H and O–H groups in total. The van der Waals surface area contributed by atoms with Crippen LogP contribution in [0.2, 0.25) is 5.02 Å². The largest absolute Gasteiger partial charge is 0.441 e. The second-order valence-corrected chi connectivity index (χ2v) is 8.84. The molecule has 5 rings (SSSR count). The molecule has 8 nitrogen and oxygen atoms in total. The molecule has 1 aliphatic rings. The van der Waals surface area contributed by atoms with Gasteiger partial charge < -0.3 is 14.6 Å². The number of aromatic nitrogens is 3. The van der Waals surface area contributed by atoms with Gasteiger partial charge in [0.1, 0.15) is 11.3 Å². The fourth-order valence-electron chi connectivity index (χ4n) is 4.54. The number of H-pyrrole nitrogens is 1. The molecule has 0 saturated heterocycles. The molecule has 0 aliphatic carbocycles. The first-order valence-corrected chi connectivity index (χ1v) is 11.1. The summed E-state index contributed by atoms with van der Waals surface area (Å²) in [5.41, 5.74) is 3.52. The van der Waals surface area contributed by atoms with Crippen molar-refractivity contribution in [3.8, 4) is 11.1 Å². The molecule has 174 valence electrons. The topological polar surface area (TPSA) is 104 Å². The minimum absolute atomic E-state index is 0.0308. The number of aryl methyl sites for hydroxylation is 1. The van der Waals surface area contributed by atoms with Crippen LogP contribution in [0.5, 0.6) is 0 Å². The van der Waals surface area contributed by atoms with E-state index < -0.39 is 17.9 Å². The number of halogens is 2. The molecular formula is C24H21ClFN5O3. The lowest BCUT2D eigenvalue weighted by Gasteiger charge is -2.39. The van der Waals surface area contributed by atoms with Gasteiger partial charge in [-0.15, -0.1) is 0 Å². The van der Waals surface area contributed by atoms with Crippen LogP contribution in [-0.4, -0.2) is 32.2 Å². The number of anilines is 1. The smallest absolute Gasteiger partial charge is 0.322 e. The molecule has 2 unspecified atom stereocenters. The molecule has 1 aliphatic heterocycles. The minimum Gasteiger partial charge on any atom is -0.441 e. The van der Waals surface area contributed by atoms with E-state index in [2.05, 4.69) is 20.5 Å². The number of aromatic amines is 1. The molecule has 0 radical (unpaired) electrons. The number of carbonyl (C=O) groups is 1. The summed E-state index contributed by atoms with van der Waals surface area (Å²) in [4.78, 5) is 30.6. The van der Waals surface area contributed by atoms with Crippen molar-refractivity contribution in [3.63, 3.8) is 0 Å². The summed E-state index contributed by atoms with van der Waals surface area (Å²) in [6.07, 6.45) is 0.468. The first-order chi connectivity index (χ1) is 16.2. The lowest BCUT2D eigenvalue weighted by Crippen LogP contribution is -2.47. The predicted molar refractivity (Wildman–Crippen MR) is 126 cm³/mol. The molecule has 34 heavy (non-hydrogen) atoms. The maximum Gasteiger partial charge on any atom is 0.322 e. The summed E-state index contributed by atoms with van der Waals surface area (Å²) in [6.45, 7) is 5.43. The number of oxazole rings is 1. The standard InChI is InChI=1S/C24H21ClFN5O3/c1-11-6-15-8-22(32)29-30-23(15)12(2)31(11)24(33)28-19-10-17(25)16(9-18(19)26)14-4-5-21-20(7-14)27-13(3)34-21/h4-5,7-12H,6H2,1-3H3,(H,28,33)(H,29,32). The van der Waals surface area contributed by atoms with E-state index in [1.54, 1.807) is 30.0 Å². The Bertz CT molecular complexity index is 1500. The van der Waals surface area contributed by atoms with E-state index in [0.717, 1.165) is 5.56 Å². The number of urea groups is 1. The fourth-order valence-corrected chi connectivity index (χ4v) is 4.81. The highest BCUT2D eigenvalue weighted by Gasteiger charge is 2.34. The van der Waals surface area contributed by atoms with Gasteiger partial charge in [-0.3, -0.25) is 4.79 Å². The van der Waals surface area contributed by atoms with E-state index in [1.165, 1.54) is 18.2 Å². The Labute approximate surface area is 198 Å². The number of nitrogens with one attached hydrogen (secondary N) is 2. The van der Waals surface area contributed by atoms with Gasteiger partial charge in [0.15, 0.2) is 11.5 Å². The number of fused-ring (bicyclic) bond motifs is 2. The van der Waals surface area contributed by atoms with Crippen molar-refractivity contribution < 1.29 is 13.6 Å². The average Bonchev–Trinajstić information content (AvgIpc) is 3.15. The molecule has 0 spiro atoms. The maximum atomic E-state index is 15.1. The summed E-state index contributed by atoms with van der Waals surface area (Å²) in [5, 5.41) is 9.43. The third-order valence-corrected chi connectivity index (χ3v) is 6.38. The molecule has 2 atom stereocenters. The van der Waals surface area contributed by atoms with Crippen LogP contribution < -0.4 is 10.9 Å². The predicted octanol–water partition coefficient (Wildman–Crippen LogP) is 5.22. The van der Waals surface area contributed by atoms with Gasteiger partial charge in [-0.05, 0) is 55.7 Å². The van der Waals surface area contributed by atoms with Crippen molar-refractivity contribution >= 4 is 34.4 Å². The van der Waals surface area contributed by atoms with Gasteiger partial charge in [0.2, 0.25) is 0 Å². The van der Waals surface area contributed by atoms with Gasteiger partial charge in [0.05, 0.1) is 22.4 Å². The Balaban J connectivity index is 1.42. The van der Waals surface area contributed by atoms with Gasteiger partial charge in [-0.1, -0.05) is 17.7 Å². The molecule has 0 bridgehead atoms. The van der Waals surface area contributed by atoms with Crippen LogP contribution in [0.4, 0.5) is 14.9 Å². The molecule has 10 heteroatoms. The third-order valence-electron chi connectivity index (χ3n) is 6.06. The zero-order chi connectivity index (χ0) is 24.1. The molecule has 4 aromatic rings. The van der Waals surface area contributed by atoms with E-state index in [9.17, 15) is 9.59 Å². The van der Waals surface area contributed by atoms with Gasteiger partial charge in [-0.2, -0.15) is 5.10 Å². The van der Waals surface area contributed by atoms with Crippen molar-refractivity contribution in [2.75, 3.05) is 5.32 Å². The highest BCUT2D eigenvalue weighted by Crippen LogP contribution is 2.35. The number of benzene rings is 2. The number of hydrogen-bond acceptors (Lipinski definition) is 5. The number of rotatable bonds is 2. The Morgan fingerprint density at radius 1 is 1.26 bits per heavy atom. The molecule has 2 aromatic heterocycles. The van der Waals surface area contributed by atoms with Gasteiger partial charge >= 0.3 is 6.03 Å². The highest BCUT2D eigenvalue weighted by atomic mass is 35.5. The lowest BCUT2D eigenvalue weighted by molar-refractivity contribution is 0.155. The first-order valence-electron chi connectivity index (χ1n) is 10.8. The second-order valence-electron chi connectivity index (χ2n) is 8.44. The normalized spacial score (nSPS) is 17.6. The molecule has 2 amide bonds. The maximum absolute atomic E-state index is 15.1. The molecule has 0 fully saturated rings. The highest BCUT2D eigenvalue weighted by molar-refractivity contribution is 6.33. The average molecular weight is 482 g/mol. The van der Waals surface area contributed by atoms with Gasteiger partial charge in [0.25, 0.3) is 5.56 Å². The summed E-state index contributed by atoms with van der Waals surface area (Å²) in [5.74, 6) is -0.0859. The third kappa shape index (κ3) is 3.81. The number of hydrogen-bond donors (Lipinski definition) is 2. The monoisotopic (exact) mass is 481 g/mol. The van der Waals surface area contributed by atoms with Crippen LogP contribution in [-0.2, 0) is 6.42 Å². The van der Waals surface area contributed by atoms with E-state index in [-0.39, 0.29) is 22.3 Å². The summed E-state index contributed by atoms with van der Waals surface area (Å²) < 4.78 is 20.5. The van der Waals surface area contributed by atoms with Crippen LogP contribution in [0.1, 0.15) is 37.0 Å². The van der Waals surface area contributed by atoms with Crippen LogP contribution in [0.25, 0.3) is 22.2 Å². The zero-order valence-corrected chi connectivity index (χ0v) is 19.4. The quantitative estimate of drug-likeness (QED) is 0.408.